The first-order valence-corrected chi connectivity index (χ1v) is 11.9. The zero-order valence-corrected chi connectivity index (χ0v) is 20.0. The summed E-state index contributed by atoms with van der Waals surface area (Å²) in [5.74, 6) is -1.85. The number of benzene rings is 2. The van der Waals surface area contributed by atoms with Gasteiger partial charge in [0.1, 0.15) is 23.3 Å². The van der Waals surface area contributed by atoms with Gasteiger partial charge in [0.05, 0.1) is 12.0 Å². The van der Waals surface area contributed by atoms with Crippen LogP contribution < -0.4 is 16.0 Å². The number of anilines is 2. The lowest BCUT2D eigenvalue weighted by Crippen LogP contribution is -2.44. The number of halogens is 2. The van der Waals surface area contributed by atoms with Crippen molar-refractivity contribution in [3.63, 3.8) is 0 Å². The van der Waals surface area contributed by atoms with Crippen LogP contribution in [0.3, 0.4) is 0 Å². The van der Waals surface area contributed by atoms with Crippen molar-refractivity contribution in [2.45, 2.75) is 16.2 Å². The van der Waals surface area contributed by atoms with Gasteiger partial charge in [-0.3, -0.25) is 10.2 Å². The highest BCUT2D eigenvalue weighted by molar-refractivity contribution is 7.99. The molecule has 1 aromatic heterocycles. The van der Waals surface area contributed by atoms with Crippen molar-refractivity contribution in [3.05, 3.63) is 77.5 Å². The maximum atomic E-state index is 13.5. The number of hydrogen-bond donors (Lipinski definition) is 3. The van der Waals surface area contributed by atoms with Crippen molar-refractivity contribution in [2.75, 3.05) is 43.9 Å². The Hall–Kier alpha value is -3.50. The SMILES string of the molecule is CN1CCN(c2ccc(CC(=O)NC(=N)c3cc(Sc4cc(F)cc(F)c4)cnc3N)cc2)CC1. The van der Waals surface area contributed by atoms with E-state index in [2.05, 4.69) is 27.1 Å². The Morgan fingerprint density at radius 2 is 1.71 bits per heavy atom. The predicted molar refractivity (Wildman–Crippen MR) is 134 cm³/mol. The minimum atomic E-state index is -0.687. The summed E-state index contributed by atoms with van der Waals surface area (Å²) in [6, 6.07) is 12.6. The van der Waals surface area contributed by atoms with Crippen LogP contribution in [0.15, 0.2) is 64.5 Å². The fourth-order valence-corrected chi connectivity index (χ4v) is 4.66. The zero-order chi connectivity index (χ0) is 24.9. The molecule has 7 nitrogen and oxygen atoms in total. The molecule has 1 aliphatic heterocycles. The second-order valence-electron chi connectivity index (χ2n) is 8.37. The number of carbonyl (C=O) groups is 1. The summed E-state index contributed by atoms with van der Waals surface area (Å²) in [7, 11) is 2.11. The van der Waals surface area contributed by atoms with Gasteiger partial charge in [0.2, 0.25) is 5.91 Å². The Balaban J connectivity index is 1.37. The number of hydrogen-bond acceptors (Lipinski definition) is 7. The molecule has 10 heteroatoms. The number of aromatic nitrogens is 1. The molecule has 0 aliphatic carbocycles. The molecule has 3 aromatic rings. The number of amidine groups is 1. The third-order valence-corrected chi connectivity index (χ3v) is 6.60. The van der Waals surface area contributed by atoms with Crippen LogP contribution >= 0.6 is 11.8 Å². The Morgan fingerprint density at radius 3 is 2.37 bits per heavy atom. The van der Waals surface area contributed by atoms with Gasteiger partial charge in [-0.25, -0.2) is 13.8 Å². The Kier molecular flexibility index (Phi) is 7.62. The largest absolute Gasteiger partial charge is 0.383 e. The third-order valence-electron chi connectivity index (χ3n) is 5.67. The van der Waals surface area contributed by atoms with Gasteiger partial charge in [-0.15, -0.1) is 0 Å². The fourth-order valence-electron chi connectivity index (χ4n) is 3.76. The van der Waals surface area contributed by atoms with Crippen LogP contribution in [-0.4, -0.2) is 54.9 Å². The summed E-state index contributed by atoms with van der Waals surface area (Å²) in [6.45, 7) is 3.97. The Labute approximate surface area is 206 Å². The summed E-state index contributed by atoms with van der Waals surface area (Å²) in [6.07, 6.45) is 1.55. The van der Waals surface area contributed by atoms with E-state index in [0.29, 0.717) is 9.79 Å². The van der Waals surface area contributed by atoms with Gasteiger partial charge in [0.15, 0.2) is 0 Å². The quantitative estimate of drug-likeness (QED) is 0.357. The van der Waals surface area contributed by atoms with Gasteiger partial charge in [-0.2, -0.15) is 0 Å². The maximum absolute atomic E-state index is 13.5. The number of amides is 1. The van der Waals surface area contributed by atoms with E-state index in [1.807, 2.05) is 24.3 Å². The van der Waals surface area contributed by atoms with E-state index in [9.17, 15) is 13.6 Å². The first-order chi connectivity index (χ1) is 16.8. The van der Waals surface area contributed by atoms with Crippen LogP contribution in [0.1, 0.15) is 11.1 Å². The topological polar surface area (TPSA) is 98.3 Å². The number of pyridine rings is 1. The molecule has 35 heavy (non-hydrogen) atoms. The van der Waals surface area contributed by atoms with E-state index >= 15 is 0 Å². The van der Waals surface area contributed by atoms with Crippen LogP contribution in [0.5, 0.6) is 0 Å². The van der Waals surface area contributed by atoms with Gasteiger partial charge in [0.25, 0.3) is 0 Å². The summed E-state index contributed by atoms with van der Waals surface area (Å²) in [5, 5.41) is 10.9. The molecular weight excluding hydrogens is 470 g/mol. The Morgan fingerprint density at radius 1 is 1.06 bits per heavy atom. The van der Waals surface area contributed by atoms with Crippen LogP contribution in [0.25, 0.3) is 0 Å². The number of nitrogens with zero attached hydrogens (tertiary/aromatic N) is 3. The number of likely N-dealkylation sites (N-methyl/N-ethyl adjacent to an activating group) is 1. The lowest BCUT2D eigenvalue weighted by atomic mass is 10.1. The van der Waals surface area contributed by atoms with Gasteiger partial charge >= 0.3 is 0 Å². The second-order valence-corrected chi connectivity index (χ2v) is 9.51. The molecule has 182 valence electrons. The number of carbonyl (C=O) groups excluding carboxylic acids is 1. The number of rotatable bonds is 6. The second kappa shape index (κ2) is 10.8. The van der Waals surface area contributed by atoms with Crippen molar-refractivity contribution in [3.8, 4) is 0 Å². The van der Waals surface area contributed by atoms with Crippen LogP contribution in [0, 0.1) is 17.0 Å². The number of piperazine rings is 1. The molecule has 1 fully saturated rings. The predicted octanol–water partition coefficient (Wildman–Crippen LogP) is 3.53. The number of nitrogens with one attached hydrogen (secondary N) is 2. The van der Waals surface area contributed by atoms with Crippen molar-refractivity contribution >= 4 is 35.0 Å². The van der Waals surface area contributed by atoms with Crippen molar-refractivity contribution in [1.29, 1.82) is 5.41 Å². The highest BCUT2D eigenvalue weighted by Gasteiger charge is 2.16. The molecule has 2 heterocycles. The molecule has 1 aliphatic rings. The highest BCUT2D eigenvalue weighted by atomic mass is 32.2. The van der Waals surface area contributed by atoms with E-state index in [1.165, 1.54) is 18.3 Å². The smallest absolute Gasteiger partial charge is 0.229 e. The fraction of sp³-hybridized carbons (Fsp3) is 0.240. The first-order valence-electron chi connectivity index (χ1n) is 11.1. The first kappa shape index (κ1) is 24.6. The molecule has 0 unspecified atom stereocenters. The van der Waals surface area contributed by atoms with Crippen molar-refractivity contribution < 1.29 is 13.6 Å². The van der Waals surface area contributed by atoms with E-state index in [0.717, 1.165) is 55.3 Å². The molecule has 0 saturated carbocycles. The zero-order valence-electron chi connectivity index (χ0n) is 19.2. The average molecular weight is 497 g/mol. The van der Waals surface area contributed by atoms with Gasteiger partial charge in [0, 0.05) is 53.9 Å². The third kappa shape index (κ3) is 6.55. The molecule has 0 bridgehead atoms. The number of nitrogens with two attached hydrogens (primary N) is 1. The Bertz CT molecular complexity index is 1210. The summed E-state index contributed by atoms with van der Waals surface area (Å²) >= 11 is 1.08. The van der Waals surface area contributed by atoms with Gasteiger partial charge in [-0.1, -0.05) is 23.9 Å². The lowest BCUT2D eigenvalue weighted by Gasteiger charge is -2.34. The van der Waals surface area contributed by atoms with Crippen molar-refractivity contribution in [2.24, 2.45) is 0 Å². The minimum absolute atomic E-state index is 0.0709. The molecular formula is C25H26F2N6OS. The lowest BCUT2D eigenvalue weighted by molar-refractivity contribution is -0.119. The van der Waals surface area contributed by atoms with E-state index in [1.54, 1.807) is 6.07 Å². The van der Waals surface area contributed by atoms with E-state index in [-0.39, 0.29) is 29.5 Å². The van der Waals surface area contributed by atoms with Crippen LogP contribution in [0.4, 0.5) is 20.3 Å². The van der Waals surface area contributed by atoms with Crippen LogP contribution in [0.2, 0.25) is 0 Å². The standard InChI is InChI=1S/C25H26F2N6OS/c1-32-6-8-33(9-7-32)19-4-2-16(3-5-19)10-23(34)31-25(29)22-14-21(15-30-24(22)28)35-20-12-17(26)11-18(27)13-20/h2-5,11-15H,6-10H2,1H3,(H2,28,30)(H2,29,31,34). The van der Waals surface area contributed by atoms with Gasteiger partial charge in [-0.05, 0) is 42.9 Å². The molecule has 1 amide bonds. The van der Waals surface area contributed by atoms with Gasteiger partial charge < -0.3 is 20.9 Å². The normalized spacial score (nSPS) is 14.1. The monoisotopic (exact) mass is 496 g/mol. The van der Waals surface area contributed by atoms with Crippen LogP contribution in [-0.2, 0) is 11.2 Å². The summed E-state index contributed by atoms with van der Waals surface area (Å²) in [4.78, 5) is 22.1. The molecule has 2 aromatic carbocycles. The molecule has 4 rings (SSSR count). The van der Waals surface area contributed by atoms with E-state index < -0.39 is 11.6 Å². The molecule has 0 radical (unpaired) electrons. The molecule has 0 spiro atoms. The summed E-state index contributed by atoms with van der Waals surface area (Å²) < 4.78 is 27.0. The van der Waals surface area contributed by atoms with E-state index in [4.69, 9.17) is 11.1 Å². The number of nitrogen functional groups attached to an aromatic ring is 1. The summed E-state index contributed by atoms with van der Waals surface area (Å²) in [5.41, 5.74) is 8.10. The molecule has 1 saturated heterocycles. The molecule has 4 N–H and O–H groups in total. The highest BCUT2D eigenvalue weighted by Crippen LogP contribution is 2.30. The maximum Gasteiger partial charge on any atom is 0.229 e. The molecule has 0 atom stereocenters. The average Bonchev–Trinajstić information content (AvgIpc) is 2.80. The minimum Gasteiger partial charge on any atom is -0.383 e. The van der Waals surface area contributed by atoms with Crippen molar-refractivity contribution in [1.82, 2.24) is 15.2 Å².